The Kier molecular flexibility index (Phi) is 6.41. The lowest BCUT2D eigenvalue weighted by Crippen LogP contribution is -1.94. The number of fused-ring (bicyclic) bond motifs is 10. The summed E-state index contributed by atoms with van der Waals surface area (Å²) >= 11 is 1.92. The van der Waals surface area contributed by atoms with Gasteiger partial charge in [-0.3, -0.25) is 0 Å². The summed E-state index contributed by atoms with van der Waals surface area (Å²) in [6.07, 6.45) is 0. The van der Waals surface area contributed by atoms with Gasteiger partial charge in [0.2, 0.25) is 0 Å². The van der Waals surface area contributed by atoms with E-state index in [1.54, 1.807) is 0 Å². The molecular formula is C56H32S. The minimum atomic E-state index is 1.25. The van der Waals surface area contributed by atoms with Crippen LogP contribution >= 0.6 is 11.3 Å². The molecular weight excluding hydrogens is 705 g/mol. The molecule has 0 radical (unpaired) electrons. The highest BCUT2D eigenvalue weighted by atomic mass is 32.1. The summed E-state index contributed by atoms with van der Waals surface area (Å²) in [6, 6.07) is 72.8. The van der Waals surface area contributed by atoms with E-state index in [1.807, 2.05) is 11.3 Å². The van der Waals surface area contributed by atoms with Crippen LogP contribution in [0.25, 0.3) is 130 Å². The van der Waals surface area contributed by atoms with Crippen molar-refractivity contribution in [3.05, 3.63) is 194 Å². The maximum Gasteiger partial charge on any atom is 0.0434 e. The zero-order chi connectivity index (χ0) is 37.2. The summed E-state index contributed by atoms with van der Waals surface area (Å²) in [5.41, 5.74) is 13.0. The molecule has 0 saturated heterocycles. The monoisotopic (exact) mass is 736 g/mol. The van der Waals surface area contributed by atoms with Crippen molar-refractivity contribution < 1.29 is 0 Å². The van der Waals surface area contributed by atoms with Crippen LogP contribution in [0, 0.1) is 0 Å². The van der Waals surface area contributed by atoms with Crippen molar-refractivity contribution in [3.8, 4) is 55.6 Å². The van der Waals surface area contributed by atoms with Crippen molar-refractivity contribution in [2.45, 2.75) is 0 Å². The van der Waals surface area contributed by atoms with Crippen LogP contribution in [0.2, 0.25) is 0 Å². The molecule has 0 amide bonds. The zero-order valence-corrected chi connectivity index (χ0v) is 31.7. The zero-order valence-electron chi connectivity index (χ0n) is 30.9. The van der Waals surface area contributed by atoms with E-state index in [-0.39, 0.29) is 0 Å². The summed E-state index contributed by atoms with van der Waals surface area (Å²) in [5, 5.41) is 15.5. The number of hydrogen-bond acceptors (Lipinski definition) is 1. The molecule has 0 aliphatic heterocycles. The standard InChI is InChI=1S/C56H32S/c1-3-13-35-29-39(25-23-33(35)11-1)51-43-17-7-8-18-44(43)52(40-26-24-34-12-2-4-14-36(34)30-40)55-48-28-27-41(42-19-9-22-47(53(42)48)54(51)55)45-20-10-21-46-49-31-37-15-5-6-16-38(37)32-50(49)57-56(45)46/h1-32H. The molecule has 1 heterocycles. The van der Waals surface area contributed by atoms with Gasteiger partial charge in [0.25, 0.3) is 0 Å². The molecule has 0 nitrogen and oxygen atoms in total. The van der Waals surface area contributed by atoms with Gasteiger partial charge in [-0.25, -0.2) is 0 Å². The second kappa shape index (κ2) is 11.7. The van der Waals surface area contributed by atoms with Crippen molar-refractivity contribution >= 4 is 85.4 Å². The van der Waals surface area contributed by atoms with E-state index >= 15 is 0 Å². The lowest BCUT2D eigenvalue weighted by molar-refractivity contribution is 1.65. The van der Waals surface area contributed by atoms with Crippen LogP contribution in [0.4, 0.5) is 0 Å². The predicted molar refractivity (Wildman–Crippen MR) is 248 cm³/mol. The maximum absolute atomic E-state index is 2.43. The van der Waals surface area contributed by atoms with Crippen LogP contribution in [-0.2, 0) is 0 Å². The summed E-state index contributed by atoms with van der Waals surface area (Å²) in [6.45, 7) is 0. The van der Waals surface area contributed by atoms with Crippen molar-refractivity contribution in [2.24, 2.45) is 0 Å². The van der Waals surface area contributed by atoms with Crippen LogP contribution in [-0.4, -0.2) is 0 Å². The summed E-state index contributed by atoms with van der Waals surface area (Å²) < 4.78 is 2.68. The van der Waals surface area contributed by atoms with E-state index in [2.05, 4.69) is 194 Å². The highest BCUT2D eigenvalue weighted by Crippen LogP contribution is 2.59. The largest absolute Gasteiger partial charge is 0.135 e. The Labute approximate surface area is 333 Å². The first-order chi connectivity index (χ1) is 28.3. The van der Waals surface area contributed by atoms with Gasteiger partial charge in [0.05, 0.1) is 0 Å². The normalized spacial score (nSPS) is 12.2. The Bertz CT molecular complexity index is 3560. The van der Waals surface area contributed by atoms with Crippen molar-refractivity contribution in [2.75, 3.05) is 0 Å². The minimum Gasteiger partial charge on any atom is -0.135 e. The molecule has 0 saturated carbocycles. The molecule has 1 aliphatic rings. The van der Waals surface area contributed by atoms with Gasteiger partial charge in [-0.1, -0.05) is 170 Å². The Balaban J connectivity index is 1.14. The summed E-state index contributed by atoms with van der Waals surface area (Å²) in [5.74, 6) is 0. The average Bonchev–Trinajstić information content (AvgIpc) is 3.80. The molecule has 1 aromatic heterocycles. The van der Waals surface area contributed by atoms with E-state index in [1.165, 1.54) is 130 Å². The molecule has 11 aromatic carbocycles. The minimum absolute atomic E-state index is 1.25. The molecule has 0 bridgehead atoms. The number of hydrogen-bond donors (Lipinski definition) is 0. The molecule has 0 N–H and O–H groups in total. The molecule has 0 spiro atoms. The van der Waals surface area contributed by atoms with Gasteiger partial charge in [-0.15, -0.1) is 11.3 Å². The van der Waals surface area contributed by atoms with Crippen molar-refractivity contribution in [3.63, 3.8) is 0 Å². The van der Waals surface area contributed by atoms with Crippen molar-refractivity contribution in [1.82, 2.24) is 0 Å². The topological polar surface area (TPSA) is 0 Å². The third-order valence-electron chi connectivity index (χ3n) is 12.5. The highest BCUT2D eigenvalue weighted by molar-refractivity contribution is 7.26. The number of benzene rings is 11. The van der Waals surface area contributed by atoms with E-state index < -0.39 is 0 Å². The maximum atomic E-state index is 2.43. The van der Waals surface area contributed by atoms with Crippen LogP contribution < -0.4 is 0 Å². The highest BCUT2D eigenvalue weighted by Gasteiger charge is 2.31. The quantitative estimate of drug-likeness (QED) is 0.169. The Morgan fingerprint density at radius 2 is 0.737 bits per heavy atom. The average molecular weight is 737 g/mol. The Morgan fingerprint density at radius 1 is 0.263 bits per heavy atom. The molecule has 262 valence electrons. The third kappa shape index (κ3) is 4.43. The molecule has 1 heteroatoms. The lowest BCUT2D eigenvalue weighted by Gasteiger charge is -2.21. The molecule has 13 rings (SSSR count). The number of rotatable bonds is 3. The second-order valence-corrected chi connectivity index (χ2v) is 16.6. The summed E-state index contributed by atoms with van der Waals surface area (Å²) in [4.78, 5) is 0. The van der Waals surface area contributed by atoms with Gasteiger partial charge in [0.15, 0.2) is 0 Å². The fourth-order valence-corrected chi connectivity index (χ4v) is 11.3. The van der Waals surface area contributed by atoms with Gasteiger partial charge >= 0.3 is 0 Å². The molecule has 57 heavy (non-hydrogen) atoms. The Hall–Kier alpha value is -7.06. The molecule has 0 unspecified atom stereocenters. The van der Waals surface area contributed by atoms with E-state index in [0.717, 1.165) is 0 Å². The van der Waals surface area contributed by atoms with Gasteiger partial charge in [0, 0.05) is 25.7 Å². The van der Waals surface area contributed by atoms with Crippen LogP contribution in [0.5, 0.6) is 0 Å². The first kappa shape index (κ1) is 31.2. The molecule has 0 atom stereocenters. The first-order valence-electron chi connectivity index (χ1n) is 19.7. The van der Waals surface area contributed by atoms with Gasteiger partial charge < -0.3 is 0 Å². The Morgan fingerprint density at radius 3 is 1.37 bits per heavy atom. The smallest absolute Gasteiger partial charge is 0.0434 e. The van der Waals surface area contributed by atoms with E-state index in [9.17, 15) is 0 Å². The number of thiophene rings is 1. The molecule has 12 aromatic rings. The van der Waals surface area contributed by atoms with Crippen LogP contribution in [0.3, 0.4) is 0 Å². The third-order valence-corrected chi connectivity index (χ3v) is 13.7. The van der Waals surface area contributed by atoms with Crippen molar-refractivity contribution in [1.29, 1.82) is 0 Å². The molecule has 0 fully saturated rings. The molecule has 1 aliphatic carbocycles. The van der Waals surface area contributed by atoms with Gasteiger partial charge in [0.1, 0.15) is 0 Å². The van der Waals surface area contributed by atoms with E-state index in [4.69, 9.17) is 0 Å². The van der Waals surface area contributed by atoms with Crippen LogP contribution in [0.15, 0.2) is 194 Å². The lowest BCUT2D eigenvalue weighted by atomic mass is 9.82. The fourth-order valence-electron chi connectivity index (χ4n) is 10.0. The second-order valence-electron chi connectivity index (χ2n) is 15.5. The fraction of sp³-hybridized carbons (Fsp3) is 0. The SMILES string of the molecule is c1ccc2cc(-c3c4c(c(-c5ccc6ccccc6c5)c5ccccc35)-c3ccc(-c5cccc6c5sc5cc7ccccc7cc56)c5cccc-4c35)ccc2c1. The summed E-state index contributed by atoms with van der Waals surface area (Å²) in [7, 11) is 0. The first-order valence-corrected chi connectivity index (χ1v) is 20.6. The predicted octanol–water partition coefficient (Wildman–Crippen LogP) is 16.5. The van der Waals surface area contributed by atoms with Crippen LogP contribution in [0.1, 0.15) is 0 Å². The van der Waals surface area contributed by atoms with Gasteiger partial charge in [-0.05, 0) is 128 Å². The van der Waals surface area contributed by atoms with Gasteiger partial charge in [-0.2, -0.15) is 0 Å². The van der Waals surface area contributed by atoms with E-state index in [0.29, 0.717) is 0 Å².